The lowest BCUT2D eigenvalue weighted by atomic mass is 10.2. The van der Waals surface area contributed by atoms with E-state index in [4.69, 9.17) is 12.2 Å². The molecule has 0 aliphatic heterocycles. The van der Waals surface area contributed by atoms with Crippen LogP contribution in [0.3, 0.4) is 0 Å². The largest absolute Gasteiger partial charge is 0.362 e. The van der Waals surface area contributed by atoms with Gasteiger partial charge < -0.3 is 5.32 Å². The summed E-state index contributed by atoms with van der Waals surface area (Å²) in [4.78, 5) is 11.6. The van der Waals surface area contributed by atoms with Crippen LogP contribution in [0.15, 0.2) is 24.3 Å². The molecular formula is C12H15FN2OS. The Morgan fingerprint density at radius 3 is 2.88 bits per heavy atom. The van der Waals surface area contributed by atoms with Crippen LogP contribution in [0.5, 0.6) is 0 Å². The number of thiocarbonyl (C=S) groups is 1. The summed E-state index contributed by atoms with van der Waals surface area (Å²) >= 11 is 4.94. The summed E-state index contributed by atoms with van der Waals surface area (Å²) < 4.78 is 12.9. The Labute approximate surface area is 105 Å². The molecule has 0 aliphatic rings. The fourth-order valence-electron chi connectivity index (χ4n) is 1.23. The van der Waals surface area contributed by atoms with Gasteiger partial charge in [0.25, 0.3) is 5.91 Å². The predicted octanol–water partition coefficient (Wildman–Crippen LogP) is 2.23. The Bertz CT molecular complexity index is 409. The van der Waals surface area contributed by atoms with E-state index in [2.05, 4.69) is 17.6 Å². The molecule has 1 aromatic carbocycles. The monoisotopic (exact) mass is 254 g/mol. The Kier molecular flexibility index (Phi) is 5.56. The molecule has 0 saturated heterocycles. The van der Waals surface area contributed by atoms with Gasteiger partial charge in [-0.15, -0.1) is 0 Å². The molecule has 17 heavy (non-hydrogen) atoms. The van der Waals surface area contributed by atoms with Crippen LogP contribution in [-0.4, -0.2) is 17.6 Å². The van der Waals surface area contributed by atoms with Crippen molar-refractivity contribution in [3.05, 3.63) is 35.6 Å². The first-order chi connectivity index (χ1) is 8.13. The first-order valence-corrected chi connectivity index (χ1v) is 5.89. The summed E-state index contributed by atoms with van der Waals surface area (Å²) in [6.07, 6.45) is 2.03. The van der Waals surface area contributed by atoms with Crippen LogP contribution in [0.4, 0.5) is 4.39 Å². The van der Waals surface area contributed by atoms with Crippen molar-refractivity contribution in [2.45, 2.75) is 19.8 Å². The zero-order valence-corrected chi connectivity index (χ0v) is 10.4. The second-order valence-corrected chi connectivity index (χ2v) is 3.98. The molecule has 1 aromatic rings. The Balaban J connectivity index is 2.46. The fourth-order valence-corrected chi connectivity index (χ4v) is 1.42. The van der Waals surface area contributed by atoms with Crippen LogP contribution in [0.2, 0.25) is 0 Å². The van der Waals surface area contributed by atoms with Crippen molar-refractivity contribution >= 4 is 23.2 Å². The highest BCUT2D eigenvalue weighted by molar-refractivity contribution is 7.80. The topological polar surface area (TPSA) is 41.1 Å². The quantitative estimate of drug-likeness (QED) is 0.639. The summed E-state index contributed by atoms with van der Waals surface area (Å²) in [5.41, 5.74) is 0.254. The molecule has 0 saturated carbocycles. The van der Waals surface area contributed by atoms with Crippen molar-refractivity contribution in [2.75, 3.05) is 6.54 Å². The minimum Gasteiger partial charge on any atom is -0.362 e. The average Bonchev–Trinajstić information content (AvgIpc) is 2.29. The first-order valence-electron chi connectivity index (χ1n) is 5.48. The third kappa shape index (κ3) is 4.91. The Morgan fingerprint density at radius 2 is 2.24 bits per heavy atom. The number of halogens is 1. The smallest absolute Gasteiger partial charge is 0.257 e. The lowest BCUT2D eigenvalue weighted by Gasteiger charge is -2.08. The van der Waals surface area contributed by atoms with Crippen LogP contribution >= 0.6 is 12.2 Å². The van der Waals surface area contributed by atoms with Gasteiger partial charge in [-0.05, 0) is 36.8 Å². The maximum Gasteiger partial charge on any atom is 0.257 e. The van der Waals surface area contributed by atoms with E-state index in [0.29, 0.717) is 0 Å². The Morgan fingerprint density at radius 1 is 1.47 bits per heavy atom. The van der Waals surface area contributed by atoms with Crippen molar-refractivity contribution in [1.82, 2.24) is 10.6 Å². The highest BCUT2D eigenvalue weighted by Crippen LogP contribution is 2.02. The van der Waals surface area contributed by atoms with Gasteiger partial charge in [0.05, 0.1) is 0 Å². The number of nitrogens with one attached hydrogen (secondary N) is 2. The predicted molar refractivity (Wildman–Crippen MR) is 69.4 cm³/mol. The molecule has 0 radical (unpaired) electrons. The summed E-state index contributed by atoms with van der Waals surface area (Å²) in [6, 6.07) is 5.48. The molecule has 0 atom stereocenters. The van der Waals surface area contributed by atoms with Crippen LogP contribution in [-0.2, 0) is 0 Å². The molecule has 3 nitrogen and oxygen atoms in total. The molecule has 0 heterocycles. The van der Waals surface area contributed by atoms with Gasteiger partial charge in [-0.3, -0.25) is 10.1 Å². The molecule has 92 valence electrons. The second kappa shape index (κ2) is 6.96. The number of carbonyl (C=O) groups is 1. The van der Waals surface area contributed by atoms with Crippen LogP contribution in [0.25, 0.3) is 0 Å². The number of benzene rings is 1. The summed E-state index contributed by atoms with van der Waals surface area (Å²) in [5, 5.41) is 5.67. The number of rotatable bonds is 4. The zero-order valence-electron chi connectivity index (χ0n) is 9.63. The van der Waals surface area contributed by atoms with Crippen LogP contribution in [0, 0.1) is 5.82 Å². The van der Waals surface area contributed by atoms with Crippen molar-refractivity contribution in [3.8, 4) is 0 Å². The van der Waals surface area contributed by atoms with Gasteiger partial charge in [-0.2, -0.15) is 0 Å². The van der Waals surface area contributed by atoms with E-state index < -0.39 is 11.7 Å². The maximum absolute atomic E-state index is 12.9. The van der Waals surface area contributed by atoms with Gasteiger partial charge in [-0.1, -0.05) is 19.4 Å². The molecule has 0 spiro atoms. The van der Waals surface area contributed by atoms with E-state index in [-0.39, 0.29) is 10.7 Å². The third-order valence-electron chi connectivity index (χ3n) is 2.13. The van der Waals surface area contributed by atoms with Gasteiger partial charge in [0.1, 0.15) is 5.82 Å². The standard InChI is InChI=1S/C12H15FN2OS/c1-2-3-7-14-12(17)15-11(16)9-5-4-6-10(13)8-9/h4-6,8H,2-3,7H2,1H3,(H2,14,15,16,17). The van der Waals surface area contributed by atoms with E-state index in [9.17, 15) is 9.18 Å². The van der Waals surface area contributed by atoms with E-state index >= 15 is 0 Å². The van der Waals surface area contributed by atoms with E-state index in [1.165, 1.54) is 24.3 Å². The molecule has 1 rings (SSSR count). The highest BCUT2D eigenvalue weighted by atomic mass is 32.1. The van der Waals surface area contributed by atoms with E-state index in [0.717, 1.165) is 19.4 Å². The maximum atomic E-state index is 12.9. The third-order valence-corrected chi connectivity index (χ3v) is 2.38. The van der Waals surface area contributed by atoms with Crippen molar-refractivity contribution in [3.63, 3.8) is 0 Å². The summed E-state index contributed by atoms with van der Waals surface area (Å²) in [6.45, 7) is 2.79. The minimum absolute atomic E-state index is 0.254. The van der Waals surface area contributed by atoms with Crippen LogP contribution < -0.4 is 10.6 Å². The SMILES string of the molecule is CCCCNC(=S)NC(=O)c1cccc(F)c1. The van der Waals surface area contributed by atoms with Gasteiger partial charge in [0, 0.05) is 12.1 Å². The van der Waals surface area contributed by atoms with Crippen molar-refractivity contribution in [1.29, 1.82) is 0 Å². The number of carbonyl (C=O) groups excluding carboxylic acids is 1. The fraction of sp³-hybridized carbons (Fsp3) is 0.333. The molecule has 5 heteroatoms. The van der Waals surface area contributed by atoms with E-state index in [1.54, 1.807) is 0 Å². The van der Waals surface area contributed by atoms with Gasteiger partial charge in [-0.25, -0.2) is 4.39 Å². The van der Waals surface area contributed by atoms with Crippen LogP contribution in [0.1, 0.15) is 30.1 Å². The van der Waals surface area contributed by atoms with Gasteiger partial charge >= 0.3 is 0 Å². The minimum atomic E-state index is -0.442. The molecule has 2 N–H and O–H groups in total. The molecule has 0 bridgehead atoms. The molecule has 0 aromatic heterocycles. The normalized spacial score (nSPS) is 9.76. The Hall–Kier alpha value is -1.49. The molecule has 0 aliphatic carbocycles. The number of unbranched alkanes of at least 4 members (excludes halogenated alkanes) is 1. The average molecular weight is 254 g/mol. The lowest BCUT2D eigenvalue weighted by molar-refractivity contribution is 0.0976. The summed E-state index contributed by atoms with van der Waals surface area (Å²) in [7, 11) is 0. The lowest BCUT2D eigenvalue weighted by Crippen LogP contribution is -2.39. The second-order valence-electron chi connectivity index (χ2n) is 3.57. The number of amides is 1. The molecule has 1 amide bonds. The number of hydrogen-bond donors (Lipinski definition) is 2. The zero-order chi connectivity index (χ0) is 12.7. The van der Waals surface area contributed by atoms with Gasteiger partial charge in [0.15, 0.2) is 5.11 Å². The molecule has 0 unspecified atom stereocenters. The van der Waals surface area contributed by atoms with Crippen molar-refractivity contribution < 1.29 is 9.18 Å². The highest BCUT2D eigenvalue weighted by Gasteiger charge is 2.07. The van der Waals surface area contributed by atoms with E-state index in [1.807, 2.05) is 0 Å². The number of hydrogen-bond acceptors (Lipinski definition) is 2. The summed E-state index contributed by atoms with van der Waals surface area (Å²) in [5.74, 6) is -0.846. The first kappa shape index (κ1) is 13.6. The molecular weight excluding hydrogens is 239 g/mol. The van der Waals surface area contributed by atoms with Crippen molar-refractivity contribution in [2.24, 2.45) is 0 Å². The molecule has 0 fully saturated rings. The van der Waals surface area contributed by atoms with Gasteiger partial charge in [0.2, 0.25) is 0 Å².